The molecule has 0 saturated heterocycles. The van der Waals surface area contributed by atoms with Crippen LogP contribution in [0, 0.1) is 11.7 Å². The predicted molar refractivity (Wildman–Crippen MR) is 108 cm³/mol. The zero-order valence-corrected chi connectivity index (χ0v) is 16.6. The summed E-state index contributed by atoms with van der Waals surface area (Å²) in [5.74, 6) is -1.51. The highest BCUT2D eigenvalue weighted by atomic mass is 19.1. The number of anilines is 1. The van der Waals surface area contributed by atoms with E-state index in [1.165, 1.54) is 23.1 Å². The molecule has 0 fully saturated rings. The van der Waals surface area contributed by atoms with E-state index in [9.17, 15) is 19.1 Å². The highest BCUT2D eigenvalue weighted by molar-refractivity contribution is 6.20. The van der Waals surface area contributed by atoms with Gasteiger partial charge >= 0.3 is 5.97 Å². The number of carbonyl (C=O) groups excluding carboxylic acids is 1. The van der Waals surface area contributed by atoms with Crippen LogP contribution in [0.25, 0.3) is 0 Å². The van der Waals surface area contributed by atoms with Crippen LogP contribution < -0.4 is 9.64 Å². The quantitative estimate of drug-likeness (QED) is 0.808. The molecular formula is C22H23FN2O4. The van der Waals surface area contributed by atoms with E-state index in [0.717, 1.165) is 0 Å². The third kappa shape index (κ3) is 4.13. The van der Waals surface area contributed by atoms with Crippen molar-refractivity contribution in [2.45, 2.75) is 26.3 Å². The lowest BCUT2D eigenvalue weighted by Gasteiger charge is -2.25. The van der Waals surface area contributed by atoms with Crippen molar-refractivity contribution in [3.8, 4) is 5.75 Å². The molecule has 152 valence electrons. The molecule has 3 rings (SSSR count). The Labute approximate surface area is 168 Å². The van der Waals surface area contributed by atoms with Gasteiger partial charge < -0.3 is 9.84 Å². The summed E-state index contributed by atoms with van der Waals surface area (Å²) < 4.78 is 19.3. The molecule has 6 nitrogen and oxygen atoms in total. The number of aliphatic imine (C=N–C) groups is 1. The van der Waals surface area contributed by atoms with Crippen LogP contribution in [0.2, 0.25) is 0 Å². The highest BCUT2D eigenvalue weighted by Crippen LogP contribution is 2.32. The minimum atomic E-state index is -1.15. The van der Waals surface area contributed by atoms with Crippen molar-refractivity contribution in [3.05, 3.63) is 59.4 Å². The van der Waals surface area contributed by atoms with Gasteiger partial charge in [-0.3, -0.25) is 19.5 Å². The second kappa shape index (κ2) is 8.43. The molecule has 1 heterocycles. The Morgan fingerprint density at radius 2 is 1.97 bits per heavy atom. The van der Waals surface area contributed by atoms with E-state index in [1.54, 1.807) is 31.4 Å². The van der Waals surface area contributed by atoms with Crippen LogP contribution >= 0.6 is 0 Å². The number of carboxylic acids is 1. The molecule has 0 spiro atoms. The summed E-state index contributed by atoms with van der Waals surface area (Å²) in [7, 11) is 1.56. The number of ether oxygens (including phenoxy) is 1. The minimum Gasteiger partial charge on any atom is -0.497 e. The van der Waals surface area contributed by atoms with Gasteiger partial charge in [-0.25, -0.2) is 4.39 Å². The molecule has 1 aliphatic heterocycles. The number of nitrogens with zero attached hydrogens (tertiary/aromatic N) is 2. The molecule has 2 aromatic rings. The van der Waals surface area contributed by atoms with Crippen LogP contribution in [0.4, 0.5) is 10.1 Å². The maximum Gasteiger partial charge on any atom is 0.323 e. The lowest BCUT2D eigenvalue weighted by Crippen LogP contribution is -2.43. The standard InChI is InChI=1S/C22H23FN2O4/c1-4-13(2)20-22(28)25(12-19(26)27)18-10-7-15(23)11-17(18)21(24-20)14-5-8-16(29-3)9-6-14/h5-11,13,20H,4,12H2,1-3H3,(H,26,27)/t13-,20?/m0/s1. The van der Waals surface area contributed by atoms with Gasteiger partial charge in [0, 0.05) is 11.1 Å². The van der Waals surface area contributed by atoms with Gasteiger partial charge in [0.25, 0.3) is 5.91 Å². The summed E-state index contributed by atoms with van der Waals surface area (Å²) in [5.41, 5.74) is 1.86. The van der Waals surface area contributed by atoms with Gasteiger partial charge in [0.2, 0.25) is 0 Å². The van der Waals surface area contributed by atoms with Crippen LogP contribution in [0.1, 0.15) is 31.4 Å². The summed E-state index contributed by atoms with van der Waals surface area (Å²) in [5, 5.41) is 9.36. The Morgan fingerprint density at radius 1 is 1.28 bits per heavy atom. The lowest BCUT2D eigenvalue weighted by molar-refractivity contribution is -0.136. The molecule has 1 amide bonds. The van der Waals surface area contributed by atoms with Crippen molar-refractivity contribution in [2.75, 3.05) is 18.6 Å². The van der Waals surface area contributed by atoms with Gasteiger partial charge in [0.15, 0.2) is 0 Å². The third-order valence-electron chi connectivity index (χ3n) is 5.13. The van der Waals surface area contributed by atoms with E-state index in [2.05, 4.69) is 0 Å². The maximum atomic E-state index is 14.1. The molecule has 1 aliphatic rings. The van der Waals surface area contributed by atoms with Crippen LogP contribution in [-0.4, -0.2) is 42.4 Å². The van der Waals surface area contributed by atoms with Crippen molar-refractivity contribution < 1.29 is 23.8 Å². The summed E-state index contributed by atoms with van der Waals surface area (Å²) in [4.78, 5) is 30.6. The lowest BCUT2D eigenvalue weighted by atomic mass is 9.97. The second-order valence-corrected chi connectivity index (χ2v) is 7.02. The van der Waals surface area contributed by atoms with Gasteiger partial charge in [0.05, 0.1) is 18.5 Å². The van der Waals surface area contributed by atoms with Gasteiger partial charge in [-0.1, -0.05) is 20.3 Å². The molecule has 7 heteroatoms. The number of carbonyl (C=O) groups is 2. The molecule has 1 N–H and O–H groups in total. The van der Waals surface area contributed by atoms with Crippen molar-refractivity contribution >= 4 is 23.3 Å². The third-order valence-corrected chi connectivity index (χ3v) is 5.13. The molecule has 29 heavy (non-hydrogen) atoms. The van der Waals surface area contributed by atoms with E-state index < -0.39 is 30.3 Å². The van der Waals surface area contributed by atoms with Crippen LogP contribution in [0.5, 0.6) is 5.75 Å². The largest absolute Gasteiger partial charge is 0.497 e. The van der Waals surface area contributed by atoms with E-state index in [0.29, 0.717) is 34.7 Å². The molecule has 1 unspecified atom stereocenters. The number of carboxylic acid groups (broad SMARTS) is 1. The maximum absolute atomic E-state index is 14.1. The summed E-state index contributed by atoms with van der Waals surface area (Å²) in [6.45, 7) is 3.32. The first-order valence-electron chi connectivity index (χ1n) is 9.41. The van der Waals surface area contributed by atoms with Crippen molar-refractivity contribution in [3.63, 3.8) is 0 Å². The first-order valence-corrected chi connectivity index (χ1v) is 9.41. The SMILES string of the molecule is CC[C@H](C)C1N=C(c2ccc(OC)cc2)c2cc(F)ccc2N(CC(=O)O)C1=O. The molecule has 2 aromatic carbocycles. The minimum absolute atomic E-state index is 0.119. The van der Waals surface area contributed by atoms with E-state index in [4.69, 9.17) is 9.73 Å². The Bertz CT molecular complexity index is 956. The normalized spacial score (nSPS) is 17.2. The average Bonchev–Trinajstić information content (AvgIpc) is 2.82. The van der Waals surface area contributed by atoms with Crippen molar-refractivity contribution in [2.24, 2.45) is 10.9 Å². The molecule has 0 aromatic heterocycles. The molecule has 2 atom stereocenters. The number of rotatable bonds is 6. The Kier molecular flexibility index (Phi) is 5.96. The van der Waals surface area contributed by atoms with Crippen molar-refractivity contribution in [1.29, 1.82) is 0 Å². The smallest absolute Gasteiger partial charge is 0.323 e. The zero-order chi connectivity index (χ0) is 21.1. The number of aliphatic carboxylic acids is 1. The number of amides is 1. The fourth-order valence-electron chi connectivity index (χ4n) is 3.35. The Morgan fingerprint density at radius 3 is 2.55 bits per heavy atom. The monoisotopic (exact) mass is 398 g/mol. The second-order valence-electron chi connectivity index (χ2n) is 7.02. The van der Waals surface area contributed by atoms with Gasteiger partial charge in [-0.15, -0.1) is 0 Å². The Hall–Kier alpha value is -3.22. The van der Waals surface area contributed by atoms with E-state index >= 15 is 0 Å². The number of benzene rings is 2. The summed E-state index contributed by atoms with van der Waals surface area (Å²) in [6.07, 6.45) is 0.682. The Balaban J connectivity index is 2.25. The van der Waals surface area contributed by atoms with E-state index in [1.807, 2.05) is 13.8 Å². The van der Waals surface area contributed by atoms with Crippen LogP contribution in [0.3, 0.4) is 0 Å². The molecule has 0 aliphatic carbocycles. The number of methoxy groups -OCH3 is 1. The van der Waals surface area contributed by atoms with Crippen molar-refractivity contribution in [1.82, 2.24) is 0 Å². The molecule has 0 saturated carbocycles. The van der Waals surface area contributed by atoms with Gasteiger partial charge in [0.1, 0.15) is 24.2 Å². The number of hydrogen-bond donors (Lipinski definition) is 1. The topological polar surface area (TPSA) is 79.2 Å². The summed E-state index contributed by atoms with van der Waals surface area (Å²) in [6, 6.07) is 10.3. The van der Waals surface area contributed by atoms with Crippen LogP contribution in [-0.2, 0) is 9.59 Å². The predicted octanol–water partition coefficient (Wildman–Crippen LogP) is 3.52. The molecule has 0 bridgehead atoms. The number of halogens is 1. The molecule has 0 radical (unpaired) electrons. The fraction of sp³-hybridized carbons (Fsp3) is 0.318. The van der Waals surface area contributed by atoms with Gasteiger partial charge in [-0.2, -0.15) is 0 Å². The molecular weight excluding hydrogens is 375 g/mol. The fourth-order valence-corrected chi connectivity index (χ4v) is 3.35. The summed E-state index contributed by atoms with van der Waals surface area (Å²) >= 11 is 0. The van der Waals surface area contributed by atoms with Gasteiger partial charge in [-0.05, 0) is 48.4 Å². The zero-order valence-electron chi connectivity index (χ0n) is 16.6. The number of fused-ring (bicyclic) bond motifs is 1. The first-order chi connectivity index (χ1) is 13.8. The number of benzodiazepines with no additional fused rings is 1. The van der Waals surface area contributed by atoms with Crippen LogP contribution in [0.15, 0.2) is 47.5 Å². The first kappa shape index (κ1) is 20.5. The highest BCUT2D eigenvalue weighted by Gasteiger charge is 2.35. The number of hydrogen-bond acceptors (Lipinski definition) is 4. The average molecular weight is 398 g/mol. The van der Waals surface area contributed by atoms with E-state index in [-0.39, 0.29) is 5.92 Å².